The predicted octanol–water partition coefficient (Wildman–Crippen LogP) is 2.53. The van der Waals surface area contributed by atoms with Gasteiger partial charge in [0.15, 0.2) is 0 Å². The van der Waals surface area contributed by atoms with Gasteiger partial charge in [-0.1, -0.05) is 11.8 Å². The normalized spacial score (nSPS) is 26.8. The molecule has 1 aliphatic heterocycles. The van der Waals surface area contributed by atoms with Crippen molar-refractivity contribution in [1.82, 2.24) is 0 Å². The molecule has 0 radical (unpaired) electrons. The fraction of sp³-hybridized carbons (Fsp3) is 0.600. The Morgan fingerprint density at radius 2 is 2.16 bits per heavy atom. The van der Waals surface area contributed by atoms with Crippen molar-refractivity contribution < 1.29 is 9.47 Å². The lowest BCUT2D eigenvalue weighted by atomic mass is 10.0. The van der Waals surface area contributed by atoms with Gasteiger partial charge in [0.25, 0.3) is 0 Å². The van der Waals surface area contributed by atoms with Gasteiger partial charge in [-0.15, -0.1) is 11.3 Å². The summed E-state index contributed by atoms with van der Waals surface area (Å²) in [5, 5.41) is 2.05. The van der Waals surface area contributed by atoms with Crippen molar-refractivity contribution in [3.63, 3.8) is 0 Å². The molecule has 0 aromatic carbocycles. The van der Waals surface area contributed by atoms with Crippen molar-refractivity contribution in [3.8, 4) is 11.8 Å². The Kier molecular flexibility index (Phi) is 5.41. The van der Waals surface area contributed by atoms with E-state index in [9.17, 15) is 0 Å². The molecule has 2 heterocycles. The molecule has 4 heteroatoms. The standard InChI is InChI=1S/C15H21NO2S/c1-11-6-14(7-12(2)18-11)17-9-15-8-13(10-19-15)4-3-5-16/h8,10-12,14H,5-7,9,16H2,1-2H3. The molecule has 0 spiro atoms. The summed E-state index contributed by atoms with van der Waals surface area (Å²) in [7, 11) is 0. The van der Waals surface area contributed by atoms with E-state index in [-0.39, 0.29) is 0 Å². The largest absolute Gasteiger partial charge is 0.375 e. The molecule has 0 aliphatic carbocycles. The fourth-order valence-electron chi connectivity index (χ4n) is 2.36. The van der Waals surface area contributed by atoms with Crippen LogP contribution in [0.3, 0.4) is 0 Å². The molecule has 0 amide bonds. The monoisotopic (exact) mass is 279 g/mol. The molecule has 104 valence electrons. The summed E-state index contributed by atoms with van der Waals surface area (Å²) >= 11 is 1.69. The summed E-state index contributed by atoms with van der Waals surface area (Å²) in [6.45, 7) is 5.29. The van der Waals surface area contributed by atoms with Crippen LogP contribution in [0.15, 0.2) is 11.4 Å². The number of thiophene rings is 1. The van der Waals surface area contributed by atoms with Crippen molar-refractivity contribution >= 4 is 11.3 Å². The molecule has 1 fully saturated rings. The SMILES string of the molecule is CC1CC(OCc2cc(C#CCN)cs2)CC(C)O1. The fourth-order valence-corrected chi connectivity index (χ4v) is 3.09. The Labute approximate surface area is 119 Å². The van der Waals surface area contributed by atoms with Gasteiger partial charge in [-0.3, -0.25) is 0 Å². The maximum Gasteiger partial charge on any atom is 0.0813 e. The van der Waals surface area contributed by atoms with Gasteiger partial charge in [-0.05, 0) is 32.8 Å². The third kappa shape index (κ3) is 4.63. The Morgan fingerprint density at radius 1 is 1.42 bits per heavy atom. The van der Waals surface area contributed by atoms with Crippen molar-refractivity contribution in [2.75, 3.05) is 6.54 Å². The molecule has 1 saturated heterocycles. The minimum Gasteiger partial charge on any atom is -0.375 e. The molecule has 2 atom stereocenters. The number of hydrogen-bond acceptors (Lipinski definition) is 4. The molecule has 1 aromatic heterocycles. The smallest absolute Gasteiger partial charge is 0.0813 e. The Balaban J connectivity index is 1.83. The Bertz CT molecular complexity index is 450. The van der Waals surface area contributed by atoms with Crippen LogP contribution in [-0.2, 0) is 16.1 Å². The number of ether oxygens (including phenoxy) is 2. The van der Waals surface area contributed by atoms with Gasteiger partial charge in [-0.2, -0.15) is 0 Å². The summed E-state index contributed by atoms with van der Waals surface area (Å²) < 4.78 is 11.7. The van der Waals surface area contributed by atoms with Crippen LogP contribution in [0.25, 0.3) is 0 Å². The van der Waals surface area contributed by atoms with E-state index in [0.29, 0.717) is 31.5 Å². The molecule has 2 N–H and O–H groups in total. The van der Waals surface area contributed by atoms with Gasteiger partial charge < -0.3 is 15.2 Å². The lowest BCUT2D eigenvalue weighted by molar-refractivity contribution is -0.105. The second-order valence-corrected chi connectivity index (χ2v) is 5.97. The lowest BCUT2D eigenvalue weighted by Gasteiger charge is -2.31. The van der Waals surface area contributed by atoms with Crippen LogP contribution in [0.5, 0.6) is 0 Å². The maximum atomic E-state index is 5.99. The zero-order valence-electron chi connectivity index (χ0n) is 11.5. The molecule has 19 heavy (non-hydrogen) atoms. The van der Waals surface area contributed by atoms with Gasteiger partial charge in [0.2, 0.25) is 0 Å². The van der Waals surface area contributed by atoms with Gasteiger partial charge >= 0.3 is 0 Å². The lowest BCUT2D eigenvalue weighted by Crippen LogP contribution is -2.33. The van der Waals surface area contributed by atoms with Gasteiger partial charge in [0.1, 0.15) is 0 Å². The summed E-state index contributed by atoms with van der Waals surface area (Å²) in [5.74, 6) is 5.90. The van der Waals surface area contributed by atoms with Crippen molar-refractivity contribution in [2.24, 2.45) is 5.73 Å². The summed E-state index contributed by atoms with van der Waals surface area (Å²) in [5.41, 5.74) is 6.39. The van der Waals surface area contributed by atoms with E-state index in [4.69, 9.17) is 15.2 Å². The third-order valence-electron chi connectivity index (χ3n) is 3.10. The average molecular weight is 279 g/mol. The minimum atomic E-state index is 0.295. The molecule has 2 rings (SSSR count). The second-order valence-electron chi connectivity index (χ2n) is 4.97. The summed E-state index contributed by atoms with van der Waals surface area (Å²) in [6, 6.07) is 2.08. The van der Waals surface area contributed by atoms with Crippen LogP contribution in [0.2, 0.25) is 0 Å². The molecule has 2 unspecified atom stereocenters. The first-order valence-electron chi connectivity index (χ1n) is 6.70. The molecule has 1 aliphatic rings. The maximum absolute atomic E-state index is 5.99. The van der Waals surface area contributed by atoms with E-state index in [1.165, 1.54) is 4.88 Å². The first-order valence-corrected chi connectivity index (χ1v) is 7.58. The van der Waals surface area contributed by atoms with E-state index in [2.05, 4.69) is 37.1 Å². The predicted molar refractivity (Wildman–Crippen MR) is 78.1 cm³/mol. The molecular weight excluding hydrogens is 258 g/mol. The van der Waals surface area contributed by atoms with Crippen LogP contribution in [0.1, 0.15) is 37.1 Å². The Hall–Kier alpha value is -0.860. The van der Waals surface area contributed by atoms with Gasteiger partial charge in [0.05, 0.1) is 31.5 Å². The Morgan fingerprint density at radius 3 is 2.84 bits per heavy atom. The first kappa shape index (κ1) is 14.5. The van der Waals surface area contributed by atoms with E-state index in [1.807, 2.05) is 0 Å². The molecule has 1 aromatic rings. The number of nitrogens with two attached hydrogens (primary N) is 1. The molecule has 0 saturated carbocycles. The van der Waals surface area contributed by atoms with Crippen LogP contribution in [0.4, 0.5) is 0 Å². The highest BCUT2D eigenvalue weighted by atomic mass is 32.1. The highest BCUT2D eigenvalue weighted by molar-refractivity contribution is 7.10. The first-order chi connectivity index (χ1) is 9.17. The number of rotatable bonds is 3. The van der Waals surface area contributed by atoms with Gasteiger partial charge in [-0.25, -0.2) is 0 Å². The number of hydrogen-bond donors (Lipinski definition) is 1. The van der Waals surface area contributed by atoms with Crippen molar-refractivity contribution in [1.29, 1.82) is 0 Å². The molecule has 3 nitrogen and oxygen atoms in total. The zero-order valence-corrected chi connectivity index (χ0v) is 12.3. The van der Waals surface area contributed by atoms with Crippen molar-refractivity contribution in [3.05, 3.63) is 21.9 Å². The van der Waals surface area contributed by atoms with Crippen molar-refractivity contribution in [2.45, 2.75) is 51.6 Å². The van der Waals surface area contributed by atoms with E-state index in [1.54, 1.807) is 11.3 Å². The summed E-state index contributed by atoms with van der Waals surface area (Å²) in [4.78, 5) is 1.22. The average Bonchev–Trinajstić information content (AvgIpc) is 2.81. The molecule has 0 bridgehead atoms. The van der Waals surface area contributed by atoms with E-state index in [0.717, 1.165) is 18.4 Å². The van der Waals surface area contributed by atoms with Crippen LogP contribution in [-0.4, -0.2) is 24.9 Å². The zero-order chi connectivity index (χ0) is 13.7. The topological polar surface area (TPSA) is 44.5 Å². The minimum absolute atomic E-state index is 0.295. The van der Waals surface area contributed by atoms with Crippen LogP contribution in [0, 0.1) is 11.8 Å². The van der Waals surface area contributed by atoms with E-state index >= 15 is 0 Å². The second kappa shape index (κ2) is 7.06. The van der Waals surface area contributed by atoms with Crippen LogP contribution < -0.4 is 5.73 Å². The highest BCUT2D eigenvalue weighted by Crippen LogP contribution is 2.23. The van der Waals surface area contributed by atoms with Gasteiger partial charge in [0, 0.05) is 15.8 Å². The third-order valence-corrected chi connectivity index (χ3v) is 4.01. The van der Waals surface area contributed by atoms with Crippen LogP contribution >= 0.6 is 11.3 Å². The summed E-state index contributed by atoms with van der Waals surface area (Å²) in [6.07, 6.45) is 2.86. The molecular formula is C15H21NO2S. The van der Waals surface area contributed by atoms with E-state index < -0.39 is 0 Å². The quantitative estimate of drug-likeness (QED) is 0.865. The highest BCUT2D eigenvalue weighted by Gasteiger charge is 2.24.